The normalized spacial score (nSPS) is 20.0. The van der Waals surface area contributed by atoms with Gasteiger partial charge in [0.05, 0.1) is 25.4 Å². The van der Waals surface area contributed by atoms with Crippen LogP contribution in [-0.2, 0) is 19.1 Å². The number of hydrogen-bond donors (Lipinski definition) is 1. The zero-order valence-corrected chi connectivity index (χ0v) is 21.2. The van der Waals surface area contributed by atoms with Gasteiger partial charge in [0, 0.05) is 38.2 Å². The maximum atomic E-state index is 12.5. The number of carbonyl (C=O) groups excluding carboxylic acids is 2. The lowest BCUT2D eigenvalue weighted by Crippen LogP contribution is -2.38. The molecule has 1 aromatic rings. The van der Waals surface area contributed by atoms with Gasteiger partial charge in [-0.15, -0.1) is 0 Å². The van der Waals surface area contributed by atoms with E-state index in [0.29, 0.717) is 39.2 Å². The fourth-order valence-electron chi connectivity index (χ4n) is 4.61. The minimum atomic E-state index is -0.425. The van der Waals surface area contributed by atoms with Gasteiger partial charge in [0.2, 0.25) is 0 Å². The number of Topliss-reactive ketones (excluding diaryl/α,β-unsaturated/α-hetero) is 1. The monoisotopic (exact) mass is 486 g/mol. The first-order chi connectivity index (χ1) is 17.1. The molecule has 2 saturated heterocycles. The molecule has 0 spiro atoms. The molecule has 0 radical (unpaired) electrons. The molecular weight excluding hydrogens is 444 g/mol. The molecule has 0 saturated carbocycles. The molecule has 2 aliphatic heterocycles. The second-order valence-corrected chi connectivity index (χ2v) is 9.50. The van der Waals surface area contributed by atoms with E-state index in [9.17, 15) is 14.7 Å². The van der Waals surface area contributed by atoms with Crippen LogP contribution in [0.25, 0.3) is 0 Å². The number of allylic oxidation sites excluding steroid dienone is 1. The maximum absolute atomic E-state index is 12.5. The topological polar surface area (TPSA) is 79.3 Å². The lowest BCUT2D eigenvalue weighted by Gasteiger charge is -2.25. The minimum Gasteiger partial charge on any atom is -0.449 e. The van der Waals surface area contributed by atoms with Crippen LogP contribution in [0.2, 0.25) is 0 Å². The van der Waals surface area contributed by atoms with Crippen LogP contribution in [0.5, 0.6) is 0 Å². The van der Waals surface area contributed by atoms with Crippen LogP contribution in [0.3, 0.4) is 0 Å². The lowest BCUT2D eigenvalue weighted by atomic mass is 10.0. The van der Waals surface area contributed by atoms with Crippen molar-refractivity contribution < 1.29 is 24.2 Å². The van der Waals surface area contributed by atoms with Crippen molar-refractivity contribution in [1.29, 1.82) is 0 Å². The number of aliphatic hydroxyl groups is 1. The quantitative estimate of drug-likeness (QED) is 0.237. The Morgan fingerprint density at radius 2 is 1.91 bits per heavy atom. The van der Waals surface area contributed by atoms with Crippen molar-refractivity contribution in [2.24, 2.45) is 0 Å². The highest BCUT2D eigenvalue weighted by Gasteiger charge is 2.31. The lowest BCUT2D eigenvalue weighted by molar-refractivity contribution is -0.150. The van der Waals surface area contributed by atoms with Gasteiger partial charge < -0.3 is 19.5 Å². The third kappa shape index (κ3) is 9.06. The summed E-state index contributed by atoms with van der Waals surface area (Å²) in [6.07, 6.45) is 11.0. The van der Waals surface area contributed by atoms with Crippen LogP contribution in [0.15, 0.2) is 36.4 Å². The van der Waals surface area contributed by atoms with Crippen LogP contribution < -0.4 is 4.90 Å². The van der Waals surface area contributed by atoms with Gasteiger partial charge in [0.1, 0.15) is 6.73 Å². The summed E-state index contributed by atoms with van der Waals surface area (Å²) in [6, 6.07) is 7.87. The van der Waals surface area contributed by atoms with Gasteiger partial charge in [-0.25, -0.2) is 0 Å². The van der Waals surface area contributed by atoms with Crippen molar-refractivity contribution in [3.8, 4) is 0 Å². The van der Waals surface area contributed by atoms with E-state index in [0.717, 1.165) is 69.4 Å². The summed E-state index contributed by atoms with van der Waals surface area (Å²) in [7, 11) is 0. The Morgan fingerprint density at radius 1 is 1.14 bits per heavy atom. The van der Waals surface area contributed by atoms with Crippen molar-refractivity contribution in [2.45, 2.75) is 76.9 Å². The van der Waals surface area contributed by atoms with E-state index < -0.39 is 6.10 Å². The molecule has 0 bridgehead atoms. The molecule has 2 atom stereocenters. The van der Waals surface area contributed by atoms with Crippen LogP contribution >= 0.6 is 0 Å². The fraction of sp³-hybridized carbons (Fsp3) is 0.643. The third-order valence-electron chi connectivity index (χ3n) is 6.83. The number of aliphatic hydroxyl groups excluding tert-OH is 1. The van der Waals surface area contributed by atoms with E-state index >= 15 is 0 Å². The molecule has 7 heteroatoms. The van der Waals surface area contributed by atoms with Crippen molar-refractivity contribution in [1.82, 2.24) is 4.90 Å². The van der Waals surface area contributed by atoms with Gasteiger partial charge in [-0.3, -0.25) is 14.5 Å². The van der Waals surface area contributed by atoms with Crippen LogP contribution in [0.1, 0.15) is 76.4 Å². The number of anilines is 1. The number of ketones is 1. The van der Waals surface area contributed by atoms with E-state index in [1.54, 1.807) is 0 Å². The molecule has 1 unspecified atom stereocenters. The Kier molecular flexibility index (Phi) is 11.7. The Bertz CT molecular complexity index is 804. The largest absolute Gasteiger partial charge is 0.449 e. The molecule has 1 N–H and O–H groups in total. The minimum absolute atomic E-state index is 0.148. The number of carbonyl (C=O) groups is 2. The standard InChI is InChI=1S/C28H42N2O5/c1-2-3-6-10-26(31)23-12-14-24(15-13-23)30-17-16-27(32)25(30)9-7-4-5-8-11-28(33)35-22-29-18-20-34-21-19-29/h4,7,12-15,25-26,31H,2-3,5-6,8-11,16-22H2,1H3/b7-4-/t25-,26?/m0/s1. The highest BCUT2D eigenvalue weighted by atomic mass is 16.5. The number of esters is 1. The van der Waals surface area contributed by atoms with Crippen molar-refractivity contribution >= 4 is 17.4 Å². The van der Waals surface area contributed by atoms with Gasteiger partial charge >= 0.3 is 5.97 Å². The van der Waals surface area contributed by atoms with E-state index in [1.807, 2.05) is 24.3 Å². The summed E-state index contributed by atoms with van der Waals surface area (Å²) in [5, 5.41) is 10.4. The molecule has 1 aromatic carbocycles. The van der Waals surface area contributed by atoms with Gasteiger partial charge in [-0.05, 0) is 43.4 Å². The van der Waals surface area contributed by atoms with Crippen molar-refractivity contribution in [3.63, 3.8) is 0 Å². The highest BCUT2D eigenvalue weighted by molar-refractivity contribution is 5.91. The summed E-state index contributed by atoms with van der Waals surface area (Å²) in [6.45, 7) is 6.22. The Labute approximate surface area is 210 Å². The smallest absolute Gasteiger partial charge is 0.307 e. The van der Waals surface area contributed by atoms with Crippen LogP contribution in [0, 0.1) is 0 Å². The number of nitrogens with zero attached hydrogens (tertiary/aromatic N) is 2. The van der Waals surface area contributed by atoms with Crippen LogP contribution in [-0.4, -0.2) is 67.4 Å². The third-order valence-corrected chi connectivity index (χ3v) is 6.83. The fourth-order valence-corrected chi connectivity index (χ4v) is 4.61. The highest BCUT2D eigenvalue weighted by Crippen LogP contribution is 2.28. The van der Waals surface area contributed by atoms with Gasteiger partial charge in [-0.2, -0.15) is 0 Å². The summed E-state index contributed by atoms with van der Waals surface area (Å²) in [5.74, 6) is 0.103. The average Bonchev–Trinajstić information content (AvgIpc) is 3.25. The zero-order chi connectivity index (χ0) is 24.9. The zero-order valence-electron chi connectivity index (χ0n) is 21.2. The number of ether oxygens (including phenoxy) is 2. The molecule has 0 aliphatic carbocycles. The van der Waals surface area contributed by atoms with Crippen molar-refractivity contribution in [2.75, 3.05) is 44.5 Å². The molecule has 2 aliphatic rings. The SMILES string of the molecule is CCCCCC(O)c1ccc(N2CCC(=O)[C@@H]2C/C=C\CCCC(=O)OCN2CCOCC2)cc1. The van der Waals surface area contributed by atoms with Gasteiger partial charge in [0.15, 0.2) is 5.78 Å². The Morgan fingerprint density at radius 3 is 2.66 bits per heavy atom. The first-order valence-corrected chi connectivity index (χ1v) is 13.3. The van der Waals surface area contributed by atoms with Gasteiger partial charge in [-0.1, -0.05) is 50.5 Å². The molecule has 2 fully saturated rings. The predicted molar refractivity (Wildman–Crippen MR) is 137 cm³/mol. The molecular formula is C28H42N2O5. The molecule has 194 valence electrons. The first kappa shape index (κ1) is 27.4. The molecule has 0 amide bonds. The summed E-state index contributed by atoms with van der Waals surface area (Å²) in [5.41, 5.74) is 1.97. The maximum Gasteiger partial charge on any atom is 0.307 e. The van der Waals surface area contributed by atoms with E-state index in [4.69, 9.17) is 9.47 Å². The molecule has 35 heavy (non-hydrogen) atoms. The molecule has 7 nitrogen and oxygen atoms in total. The molecule has 2 heterocycles. The number of unbranched alkanes of at least 4 members (excludes halogenated alkanes) is 3. The molecule has 0 aromatic heterocycles. The predicted octanol–water partition coefficient (Wildman–Crippen LogP) is 4.40. The summed E-state index contributed by atoms with van der Waals surface area (Å²) < 4.78 is 10.6. The Balaban J connectivity index is 1.38. The van der Waals surface area contributed by atoms with Gasteiger partial charge in [0.25, 0.3) is 0 Å². The second-order valence-electron chi connectivity index (χ2n) is 9.50. The van der Waals surface area contributed by atoms with E-state index in [1.165, 1.54) is 0 Å². The number of morpholine rings is 1. The van der Waals surface area contributed by atoms with E-state index in [-0.39, 0.29) is 17.8 Å². The number of hydrogen-bond acceptors (Lipinski definition) is 7. The Hall–Kier alpha value is -2.22. The number of rotatable bonds is 14. The number of benzene rings is 1. The summed E-state index contributed by atoms with van der Waals surface area (Å²) >= 11 is 0. The second kappa shape index (κ2) is 15.0. The summed E-state index contributed by atoms with van der Waals surface area (Å²) in [4.78, 5) is 28.7. The molecule has 3 rings (SSSR count). The van der Waals surface area contributed by atoms with E-state index in [2.05, 4.69) is 28.9 Å². The van der Waals surface area contributed by atoms with Crippen molar-refractivity contribution in [3.05, 3.63) is 42.0 Å². The first-order valence-electron chi connectivity index (χ1n) is 13.3. The van der Waals surface area contributed by atoms with Crippen LogP contribution in [0.4, 0.5) is 5.69 Å². The average molecular weight is 487 g/mol.